The van der Waals surface area contributed by atoms with E-state index in [0.717, 1.165) is 12.0 Å². The molecular formula is C21H38O3. The van der Waals surface area contributed by atoms with Gasteiger partial charge in [-0.3, -0.25) is 4.79 Å². The molecule has 0 aromatic heterocycles. The highest BCUT2D eigenvalue weighted by Gasteiger charge is 2.01. The molecule has 3 heteroatoms. The van der Waals surface area contributed by atoms with Crippen LogP contribution in [-0.2, 0) is 14.3 Å². The summed E-state index contributed by atoms with van der Waals surface area (Å²) in [6.45, 7) is 12.5. The minimum Gasteiger partial charge on any atom is -0.432 e. The predicted octanol–water partition coefficient (Wildman–Crippen LogP) is 6.34. The lowest BCUT2D eigenvalue weighted by Crippen LogP contribution is -2.04. The van der Waals surface area contributed by atoms with Crippen molar-refractivity contribution in [2.75, 3.05) is 13.2 Å². The molecule has 0 N–H and O–H groups in total. The molecule has 0 rings (SSSR count). The fraction of sp³-hybridized carbons (Fsp3) is 0.762. The molecule has 0 aliphatic heterocycles. The second-order valence-electron chi connectivity index (χ2n) is 6.62. The van der Waals surface area contributed by atoms with Gasteiger partial charge in [0.1, 0.15) is 5.76 Å². The van der Waals surface area contributed by atoms with Gasteiger partial charge in [0.2, 0.25) is 0 Å². The van der Waals surface area contributed by atoms with Gasteiger partial charge in [0, 0.05) is 13.3 Å². The number of hydrogen-bond donors (Lipinski definition) is 0. The molecular weight excluding hydrogens is 300 g/mol. The molecule has 24 heavy (non-hydrogen) atoms. The minimum atomic E-state index is -0.328. The molecule has 0 spiro atoms. The zero-order chi connectivity index (χ0) is 18.0. The summed E-state index contributed by atoms with van der Waals surface area (Å²) >= 11 is 0. The van der Waals surface area contributed by atoms with Crippen LogP contribution in [0.4, 0.5) is 0 Å². The summed E-state index contributed by atoms with van der Waals surface area (Å²) < 4.78 is 10.4. The van der Waals surface area contributed by atoms with Crippen molar-refractivity contribution in [2.45, 2.75) is 90.9 Å². The van der Waals surface area contributed by atoms with Crippen LogP contribution in [0.15, 0.2) is 24.5 Å². The SMILES string of the molecule is C=C(CCCCCCCCCCCC)COCCC(=C)OC(C)=O. The third-order valence-electron chi connectivity index (χ3n) is 4.00. The van der Waals surface area contributed by atoms with E-state index in [4.69, 9.17) is 9.47 Å². The highest BCUT2D eigenvalue weighted by molar-refractivity contribution is 5.67. The second kappa shape index (κ2) is 16.8. The minimum absolute atomic E-state index is 0.328. The maximum atomic E-state index is 10.7. The van der Waals surface area contributed by atoms with E-state index >= 15 is 0 Å². The van der Waals surface area contributed by atoms with Gasteiger partial charge in [-0.15, -0.1) is 0 Å². The van der Waals surface area contributed by atoms with Gasteiger partial charge >= 0.3 is 5.97 Å². The van der Waals surface area contributed by atoms with Crippen LogP contribution in [-0.4, -0.2) is 19.2 Å². The van der Waals surface area contributed by atoms with E-state index in [-0.39, 0.29) is 5.97 Å². The van der Waals surface area contributed by atoms with E-state index in [9.17, 15) is 4.79 Å². The zero-order valence-electron chi connectivity index (χ0n) is 16.0. The smallest absolute Gasteiger partial charge is 0.307 e. The first-order chi connectivity index (χ1) is 11.6. The lowest BCUT2D eigenvalue weighted by molar-refractivity contribution is -0.137. The average Bonchev–Trinajstić information content (AvgIpc) is 2.52. The maximum absolute atomic E-state index is 10.7. The molecule has 0 saturated heterocycles. The van der Waals surface area contributed by atoms with Crippen molar-refractivity contribution < 1.29 is 14.3 Å². The Bertz CT molecular complexity index is 347. The van der Waals surface area contributed by atoms with Gasteiger partial charge in [-0.1, -0.05) is 83.4 Å². The number of rotatable bonds is 17. The van der Waals surface area contributed by atoms with Gasteiger partial charge in [0.15, 0.2) is 0 Å². The fourth-order valence-electron chi connectivity index (χ4n) is 2.59. The van der Waals surface area contributed by atoms with Crippen LogP contribution in [0.2, 0.25) is 0 Å². The van der Waals surface area contributed by atoms with Gasteiger partial charge in [-0.2, -0.15) is 0 Å². The first-order valence-corrected chi connectivity index (χ1v) is 9.66. The number of carbonyl (C=O) groups is 1. The van der Waals surface area contributed by atoms with Crippen molar-refractivity contribution in [3.63, 3.8) is 0 Å². The lowest BCUT2D eigenvalue weighted by atomic mass is 10.0. The normalized spacial score (nSPS) is 10.6. The number of ether oxygens (including phenoxy) is 2. The van der Waals surface area contributed by atoms with E-state index in [2.05, 4.69) is 20.1 Å². The molecule has 0 heterocycles. The van der Waals surface area contributed by atoms with Gasteiger partial charge in [0.25, 0.3) is 0 Å². The van der Waals surface area contributed by atoms with Crippen LogP contribution in [0, 0.1) is 0 Å². The van der Waals surface area contributed by atoms with Crippen LogP contribution in [0.5, 0.6) is 0 Å². The Labute approximate surface area is 149 Å². The van der Waals surface area contributed by atoms with Crippen molar-refractivity contribution >= 4 is 5.97 Å². The maximum Gasteiger partial charge on any atom is 0.307 e. The molecule has 0 amide bonds. The zero-order valence-corrected chi connectivity index (χ0v) is 16.0. The standard InChI is InChI=1S/C21H38O3/c1-5-6-7-8-9-10-11-12-13-14-15-19(2)18-23-17-16-20(3)24-21(4)22/h2-3,5-18H2,1,4H3. The molecule has 0 unspecified atom stereocenters. The summed E-state index contributed by atoms with van der Waals surface area (Å²) in [5.74, 6) is 0.133. The summed E-state index contributed by atoms with van der Waals surface area (Å²) in [5, 5.41) is 0. The Morgan fingerprint density at radius 1 is 0.833 bits per heavy atom. The van der Waals surface area contributed by atoms with Crippen LogP contribution < -0.4 is 0 Å². The van der Waals surface area contributed by atoms with Crippen molar-refractivity contribution in [1.29, 1.82) is 0 Å². The van der Waals surface area contributed by atoms with Gasteiger partial charge in [-0.05, 0) is 12.8 Å². The summed E-state index contributed by atoms with van der Waals surface area (Å²) in [5.41, 5.74) is 1.15. The largest absolute Gasteiger partial charge is 0.432 e. The average molecular weight is 339 g/mol. The van der Waals surface area contributed by atoms with E-state index < -0.39 is 0 Å². The van der Waals surface area contributed by atoms with Crippen LogP contribution in [0.25, 0.3) is 0 Å². The van der Waals surface area contributed by atoms with Gasteiger partial charge in [0.05, 0.1) is 13.2 Å². The quantitative estimate of drug-likeness (QED) is 0.134. The van der Waals surface area contributed by atoms with Crippen molar-refractivity contribution in [2.24, 2.45) is 0 Å². The Morgan fingerprint density at radius 2 is 1.38 bits per heavy atom. The Hall–Kier alpha value is -1.09. The van der Waals surface area contributed by atoms with Crippen molar-refractivity contribution in [3.8, 4) is 0 Å². The first kappa shape index (κ1) is 22.9. The first-order valence-electron chi connectivity index (χ1n) is 9.66. The molecule has 3 nitrogen and oxygen atoms in total. The number of esters is 1. The van der Waals surface area contributed by atoms with Crippen molar-refractivity contribution in [3.05, 3.63) is 24.5 Å². The molecule has 0 atom stereocenters. The third kappa shape index (κ3) is 17.3. The monoisotopic (exact) mass is 338 g/mol. The Morgan fingerprint density at radius 3 is 1.92 bits per heavy atom. The number of unbranched alkanes of at least 4 members (excludes halogenated alkanes) is 9. The van der Waals surface area contributed by atoms with Gasteiger partial charge < -0.3 is 9.47 Å². The summed E-state index contributed by atoms with van der Waals surface area (Å²) in [6.07, 6.45) is 15.1. The summed E-state index contributed by atoms with van der Waals surface area (Å²) in [6, 6.07) is 0. The topological polar surface area (TPSA) is 35.5 Å². The molecule has 0 fully saturated rings. The number of hydrogen-bond acceptors (Lipinski definition) is 3. The second-order valence-corrected chi connectivity index (χ2v) is 6.62. The molecule has 0 bridgehead atoms. The molecule has 0 aliphatic carbocycles. The molecule has 0 aromatic carbocycles. The fourth-order valence-corrected chi connectivity index (χ4v) is 2.59. The van der Waals surface area contributed by atoms with E-state index in [1.807, 2.05) is 0 Å². The van der Waals surface area contributed by atoms with Crippen LogP contribution >= 0.6 is 0 Å². The molecule has 0 aliphatic rings. The predicted molar refractivity (Wildman–Crippen MR) is 102 cm³/mol. The lowest BCUT2D eigenvalue weighted by Gasteiger charge is -2.08. The van der Waals surface area contributed by atoms with Crippen molar-refractivity contribution in [1.82, 2.24) is 0 Å². The summed E-state index contributed by atoms with van der Waals surface area (Å²) in [4.78, 5) is 10.7. The molecule has 140 valence electrons. The van der Waals surface area contributed by atoms with E-state index in [0.29, 0.717) is 25.4 Å². The molecule has 0 radical (unpaired) electrons. The third-order valence-corrected chi connectivity index (χ3v) is 4.00. The highest BCUT2D eigenvalue weighted by atomic mass is 16.5. The summed E-state index contributed by atoms with van der Waals surface area (Å²) in [7, 11) is 0. The Balaban J connectivity index is 3.29. The van der Waals surface area contributed by atoms with Gasteiger partial charge in [-0.25, -0.2) is 0 Å². The molecule has 0 aromatic rings. The Kier molecular flexibility index (Phi) is 16.0. The van der Waals surface area contributed by atoms with E-state index in [1.54, 1.807) is 0 Å². The highest BCUT2D eigenvalue weighted by Crippen LogP contribution is 2.13. The molecule has 0 saturated carbocycles. The van der Waals surface area contributed by atoms with E-state index in [1.165, 1.54) is 71.1 Å². The number of carbonyl (C=O) groups excluding carboxylic acids is 1. The van der Waals surface area contributed by atoms with Crippen LogP contribution in [0.3, 0.4) is 0 Å². The van der Waals surface area contributed by atoms with Crippen LogP contribution in [0.1, 0.15) is 90.9 Å².